The number of carboxylic acid groups (broad SMARTS) is 1. The first-order valence-electron chi connectivity index (χ1n) is 8.31. The third-order valence-corrected chi connectivity index (χ3v) is 5.72. The molecule has 1 N–H and O–H groups in total. The van der Waals surface area contributed by atoms with Gasteiger partial charge in [0.05, 0.1) is 7.11 Å². The molecule has 1 aromatic rings. The number of hydrogen-bond acceptors (Lipinski definition) is 5. The van der Waals surface area contributed by atoms with Gasteiger partial charge in [-0.3, -0.25) is 0 Å². The number of carbonyl (C=O) groups is 1. The molecule has 0 aliphatic carbocycles. The first kappa shape index (κ1) is 18.9. The summed E-state index contributed by atoms with van der Waals surface area (Å²) in [4.78, 5) is 14.2. The number of likely N-dealkylation sites (tertiary alicyclic amines) is 1. The molecule has 1 aliphatic heterocycles. The third kappa shape index (κ3) is 4.57. The van der Waals surface area contributed by atoms with Gasteiger partial charge in [0.2, 0.25) is 5.60 Å². The van der Waals surface area contributed by atoms with Crippen LogP contribution in [0.1, 0.15) is 26.2 Å². The highest BCUT2D eigenvalue weighted by molar-refractivity contribution is 7.99. The third-order valence-electron chi connectivity index (χ3n) is 4.68. The lowest BCUT2D eigenvalue weighted by Crippen LogP contribution is -2.53. The normalized spacial score (nSPS) is 18.8. The van der Waals surface area contributed by atoms with Gasteiger partial charge >= 0.3 is 5.97 Å². The zero-order valence-electron chi connectivity index (χ0n) is 14.7. The highest BCUT2D eigenvalue weighted by atomic mass is 32.2. The van der Waals surface area contributed by atoms with E-state index in [1.807, 2.05) is 23.9 Å². The maximum Gasteiger partial charge on any atom is 0.348 e. The number of thioether (sulfide) groups is 1. The summed E-state index contributed by atoms with van der Waals surface area (Å²) in [5.41, 5.74) is -1.17. The molecule has 1 fully saturated rings. The first-order valence-corrected chi connectivity index (χ1v) is 9.60. The predicted molar refractivity (Wildman–Crippen MR) is 97.3 cm³/mol. The van der Waals surface area contributed by atoms with Crippen molar-refractivity contribution in [2.75, 3.05) is 33.0 Å². The van der Waals surface area contributed by atoms with Gasteiger partial charge in [-0.1, -0.05) is 19.1 Å². The molecule has 0 saturated carbocycles. The topological polar surface area (TPSA) is 59.0 Å². The first-order chi connectivity index (χ1) is 11.5. The van der Waals surface area contributed by atoms with E-state index >= 15 is 0 Å². The molecule has 0 radical (unpaired) electrons. The SMILES string of the molecule is COc1ccccc1OC1(C(=O)O)CCN(CC[C@@H](C)SC)CC1. The van der Waals surface area contributed by atoms with Crippen molar-refractivity contribution in [1.82, 2.24) is 4.90 Å². The molecule has 1 aromatic carbocycles. The summed E-state index contributed by atoms with van der Waals surface area (Å²) in [6.07, 6.45) is 4.20. The Bertz CT molecular complexity index is 544. The van der Waals surface area contributed by atoms with E-state index in [-0.39, 0.29) is 0 Å². The molecule has 1 atom stereocenters. The number of carboxylic acids is 1. The lowest BCUT2D eigenvalue weighted by Gasteiger charge is -2.39. The summed E-state index contributed by atoms with van der Waals surface area (Å²) in [6.45, 7) is 4.71. The molecule has 2 rings (SSSR count). The van der Waals surface area contributed by atoms with Crippen LogP contribution in [-0.2, 0) is 4.79 Å². The molecular weight excluding hydrogens is 326 g/mol. The van der Waals surface area contributed by atoms with Gasteiger partial charge in [0.1, 0.15) is 0 Å². The Morgan fingerprint density at radius 3 is 2.50 bits per heavy atom. The highest BCUT2D eigenvalue weighted by Gasteiger charge is 2.44. The Kier molecular flexibility index (Phi) is 6.80. The molecule has 5 nitrogen and oxygen atoms in total. The minimum atomic E-state index is -1.17. The molecule has 1 saturated heterocycles. The highest BCUT2D eigenvalue weighted by Crippen LogP contribution is 2.34. The van der Waals surface area contributed by atoms with Crippen molar-refractivity contribution in [2.24, 2.45) is 0 Å². The van der Waals surface area contributed by atoms with E-state index < -0.39 is 11.6 Å². The van der Waals surface area contributed by atoms with Gasteiger partial charge < -0.3 is 19.5 Å². The quantitative estimate of drug-likeness (QED) is 0.775. The number of ether oxygens (including phenoxy) is 2. The van der Waals surface area contributed by atoms with Crippen LogP contribution < -0.4 is 9.47 Å². The van der Waals surface area contributed by atoms with Crippen molar-refractivity contribution in [3.05, 3.63) is 24.3 Å². The molecule has 6 heteroatoms. The van der Waals surface area contributed by atoms with Gasteiger partial charge in [-0.2, -0.15) is 11.8 Å². The second-order valence-corrected chi connectivity index (χ2v) is 7.51. The van der Waals surface area contributed by atoms with E-state index in [1.54, 1.807) is 19.2 Å². The molecule has 0 unspecified atom stereocenters. The van der Waals surface area contributed by atoms with Crippen LogP contribution in [-0.4, -0.2) is 59.8 Å². The second kappa shape index (κ2) is 8.62. The monoisotopic (exact) mass is 353 g/mol. The van der Waals surface area contributed by atoms with Gasteiger partial charge in [0.25, 0.3) is 0 Å². The van der Waals surface area contributed by atoms with Crippen LogP contribution in [0, 0.1) is 0 Å². The number of para-hydroxylation sites is 2. The number of methoxy groups -OCH3 is 1. The summed E-state index contributed by atoms with van der Waals surface area (Å²) >= 11 is 1.86. The average Bonchev–Trinajstić information content (AvgIpc) is 2.61. The van der Waals surface area contributed by atoms with E-state index in [1.165, 1.54) is 0 Å². The maximum absolute atomic E-state index is 11.9. The smallest absolute Gasteiger partial charge is 0.348 e. The van der Waals surface area contributed by atoms with Gasteiger partial charge in [-0.25, -0.2) is 4.79 Å². The van der Waals surface area contributed by atoms with Crippen molar-refractivity contribution in [3.8, 4) is 11.5 Å². The van der Waals surface area contributed by atoms with Crippen LogP contribution in [0.2, 0.25) is 0 Å². The molecule has 24 heavy (non-hydrogen) atoms. The molecule has 0 amide bonds. The van der Waals surface area contributed by atoms with Crippen molar-refractivity contribution in [2.45, 2.75) is 37.0 Å². The van der Waals surface area contributed by atoms with Crippen LogP contribution in [0.4, 0.5) is 0 Å². The van der Waals surface area contributed by atoms with Crippen molar-refractivity contribution in [1.29, 1.82) is 0 Å². The number of benzene rings is 1. The minimum absolute atomic E-state index is 0.480. The molecule has 0 aromatic heterocycles. The molecule has 0 bridgehead atoms. The van der Waals surface area contributed by atoms with Crippen LogP contribution in [0.3, 0.4) is 0 Å². The fourth-order valence-corrected chi connectivity index (χ4v) is 3.23. The van der Waals surface area contributed by atoms with Crippen LogP contribution in [0.5, 0.6) is 11.5 Å². The van der Waals surface area contributed by atoms with Crippen molar-refractivity contribution >= 4 is 17.7 Å². The van der Waals surface area contributed by atoms with Gasteiger partial charge in [0.15, 0.2) is 11.5 Å². The summed E-state index contributed by atoms with van der Waals surface area (Å²) < 4.78 is 11.2. The lowest BCUT2D eigenvalue weighted by molar-refractivity contribution is -0.159. The van der Waals surface area contributed by atoms with Crippen molar-refractivity contribution < 1.29 is 19.4 Å². The van der Waals surface area contributed by atoms with Crippen LogP contribution in [0.25, 0.3) is 0 Å². The lowest BCUT2D eigenvalue weighted by atomic mass is 9.91. The van der Waals surface area contributed by atoms with Gasteiger partial charge in [-0.15, -0.1) is 0 Å². The zero-order chi connectivity index (χ0) is 17.6. The summed E-state index contributed by atoms with van der Waals surface area (Å²) in [5.74, 6) is 0.159. The number of hydrogen-bond donors (Lipinski definition) is 1. The molecular formula is C18H27NO4S. The summed E-state index contributed by atoms with van der Waals surface area (Å²) in [6, 6.07) is 7.21. The average molecular weight is 353 g/mol. The Labute approximate surface area is 148 Å². The van der Waals surface area contributed by atoms with E-state index in [0.717, 1.165) is 26.1 Å². The Morgan fingerprint density at radius 1 is 1.33 bits per heavy atom. The van der Waals surface area contributed by atoms with Crippen LogP contribution >= 0.6 is 11.8 Å². The fourth-order valence-electron chi connectivity index (χ4n) is 2.89. The van der Waals surface area contributed by atoms with Gasteiger partial charge in [0, 0.05) is 31.2 Å². The second-order valence-electron chi connectivity index (χ2n) is 6.23. The Morgan fingerprint density at radius 2 is 1.96 bits per heavy atom. The molecule has 0 spiro atoms. The van der Waals surface area contributed by atoms with E-state index in [2.05, 4.69) is 18.1 Å². The number of piperidine rings is 1. The molecule has 1 heterocycles. The minimum Gasteiger partial charge on any atom is -0.493 e. The molecule has 134 valence electrons. The van der Waals surface area contributed by atoms with Crippen molar-refractivity contribution in [3.63, 3.8) is 0 Å². The van der Waals surface area contributed by atoms with E-state index in [9.17, 15) is 9.90 Å². The van der Waals surface area contributed by atoms with E-state index in [4.69, 9.17) is 9.47 Å². The van der Waals surface area contributed by atoms with E-state index in [0.29, 0.717) is 29.6 Å². The number of rotatable bonds is 8. The van der Waals surface area contributed by atoms with Gasteiger partial charge in [-0.05, 0) is 31.4 Å². The molecule has 1 aliphatic rings. The zero-order valence-corrected chi connectivity index (χ0v) is 15.5. The Hall–Kier alpha value is -1.40. The largest absolute Gasteiger partial charge is 0.493 e. The maximum atomic E-state index is 11.9. The number of aliphatic carboxylic acids is 1. The summed E-state index contributed by atoms with van der Waals surface area (Å²) in [5, 5.41) is 10.4. The van der Waals surface area contributed by atoms with Crippen LogP contribution in [0.15, 0.2) is 24.3 Å². The fraction of sp³-hybridized carbons (Fsp3) is 0.611. The summed E-state index contributed by atoms with van der Waals surface area (Å²) in [7, 11) is 1.56. The number of nitrogens with zero attached hydrogens (tertiary/aromatic N) is 1. The Balaban J connectivity index is 2.02. The standard InChI is InChI=1S/C18H27NO4S/c1-14(24-3)8-11-19-12-9-18(10-13-19,17(20)21)23-16-7-5-4-6-15(16)22-2/h4-7,14H,8-13H2,1-3H3,(H,20,21)/t14-/m1/s1. The predicted octanol–water partition coefficient (Wildman–Crippen LogP) is 3.13.